The monoisotopic (exact) mass is 564 g/mol. The number of esters is 1. The first-order chi connectivity index (χ1) is 19.0. The molecule has 7 nitrogen and oxygen atoms in total. The lowest BCUT2D eigenvalue weighted by molar-refractivity contribution is -0.171. The van der Waals surface area contributed by atoms with Gasteiger partial charge >= 0.3 is 5.97 Å². The van der Waals surface area contributed by atoms with E-state index in [1.54, 1.807) is 26.0 Å². The van der Waals surface area contributed by atoms with Gasteiger partial charge in [0.25, 0.3) is 0 Å². The molecule has 0 spiro atoms. The maximum absolute atomic E-state index is 12.7. The Labute approximate surface area is 240 Å². The molecule has 3 aromatic carbocycles. The summed E-state index contributed by atoms with van der Waals surface area (Å²) < 4.78 is 23.9. The molecule has 0 aliphatic heterocycles. The molecule has 0 saturated heterocycles. The van der Waals surface area contributed by atoms with Crippen molar-refractivity contribution < 1.29 is 23.4 Å². The normalized spacial score (nSPS) is 12.8. The topological polar surface area (TPSA) is 82.8 Å². The van der Waals surface area contributed by atoms with E-state index in [0.717, 1.165) is 30.5 Å². The molecule has 1 heterocycles. The Bertz CT molecular complexity index is 1380. The number of para-hydroxylation sites is 3. The molecule has 0 aliphatic carbocycles. The second-order valence-corrected chi connectivity index (χ2v) is 11.5. The van der Waals surface area contributed by atoms with Crippen molar-refractivity contribution in [1.29, 1.82) is 0 Å². The lowest BCUT2D eigenvalue weighted by Crippen LogP contribution is -2.43. The lowest BCUT2D eigenvalue weighted by atomic mass is 10.1. The first-order valence-electron chi connectivity index (χ1n) is 13.5. The molecule has 1 aromatic heterocycles. The molecular formula is C32H37ClN2O5. The predicted molar refractivity (Wildman–Crippen MR) is 157 cm³/mol. The van der Waals surface area contributed by atoms with Crippen molar-refractivity contribution in [1.82, 2.24) is 10.3 Å². The highest BCUT2D eigenvalue weighted by atomic mass is 35.5. The van der Waals surface area contributed by atoms with E-state index in [1.165, 1.54) is 0 Å². The molecule has 212 valence electrons. The summed E-state index contributed by atoms with van der Waals surface area (Å²) in [4.78, 5) is 17.3. The van der Waals surface area contributed by atoms with Crippen molar-refractivity contribution in [3.05, 3.63) is 89.3 Å². The largest absolute Gasteiger partial charge is 0.479 e. The molecule has 0 bridgehead atoms. The standard InChI is InChI=1S/C32H37ClN2O5/c1-31(2,3)40-30(36)32(4,5)39-26-14-8-6-11-22(26)12-10-20-34-21-28(37-24-18-16-23(33)17-19-24)29-35-25-13-7-9-15-27(25)38-29/h6-9,11,13-19,28,34H,10,12,20-21H2,1-5H3. The quantitative estimate of drug-likeness (QED) is 0.142. The molecule has 0 fully saturated rings. The van der Waals surface area contributed by atoms with Crippen molar-refractivity contribution in [2.24, 2.45) is 0 Å². The van der Waals surface area contributed by atoms with E-state index in [4.69, 9.17) is 30.2 Å². The van der Waals surface area contributed by atoms with Gasteiger partial charge in [-0.2, -0.15) is 0 Å². The maximum atomic E-state index is 12.7. The van der Waals surface area contributed by atoms with Crippen LogP contribution >= 0.6 is 11.6 Å². The Morgan fingerprint density at radius 3 is 2.40 bits per heavy atom. The average molecular weight is 565 g/mol. The Kier molecular flexibility index (Phi) is 9.38. The summed E-state index contributed by atoms with van der Waals surface area (Å²) in [6.45, 7) is 10.2. The van der Waals surface area contributed by atoms with E-state index in [0.29, 0.717) is 34.5 Å². The van der Waals surface area contributed by atoms with E-state index in [2.05, 4.69) is 10.3 Å². The number of fused-ring (bicyclic) bond motifs is 1. The summed E-state index contributed by atoms with van der Waals surface area (Å²) >= 11 is 6.04. The van der Waals surface area contributed by atoms with Crippen LogP contribution in [0, 0.1) is 0 Å². The van der Waals surface area contributed by atoms with Gasteiger partial charge in [0.05, 0.1) is 0 Å². The number of rotatable bonds is 12. The first kappa shape index (κ1) is 29.4. The number of hydrogen-bond acceptors (Lipinski definition) is 7. The second-order valence-electron chi connectivity index (χ2n) is 11.1. The van der Waals surface area contributed by atoms with Gasteiger partial charge in [0.2, 0.25) is 5.89 Å². The molecule has 0 aliphatic rings. The third kappa shape index (κ3) is 8.23. The van der Waals surface area contributed by atoms with Crippen LogP contribution in [-0.4, -0.2) is 35.2 Å². The molecule has 1 unspecified atom stereocenters. The summed E-state index contributed by atoms with van der Waals surface area (Å²) in [5, 5.41) is 4.12. The fourth-order valence-electron chi connectivity index (χ4n) is 4.05. The smallest absolute Gasteiger partial charge is 0.350 e. The number of aromatic nitrogens is 1. The van der Waals surface area contributed by atoms with Gasteiger partial charge in [-0.3, -0.25) is 0 Å². The Morgan fingerprint density at radius 2 is 1.68 bits per heavy atom. The second kappa shape index (κ2) is 12.7. The van der Waals surface area contributed by atoms with Gasteiger partial charge in [-0.1, -0.05) is 41.9 Å². The zero-order chi connectivity index (χ0) is 28.8. The van der Waals surface area contributed by atoms with Gasteiger partial charge in [-0.15, -0.1) is 0 Å². The molecule has 40 heavy (non-hydrogen) atoms. The van der Waals surface area contributed by atoms with Gasteiger partial charge in [0.15, 0.2) is 17.3 Å². The number of nitrogens with zero attached hydrogens (tertiary/aromatic N) is 1. The minimum atomic E-state index is -1.12. The van der Waals surface area contributed by atoms with Gasteiger partial charge in [0, 0.05) is 11.6 Å². The fourth-order valence-corrected chi connectivity index (χ4v) is 4.18. The van der Waals surface area contributed by atoms with E-state index >= 15 is 0 Å². The Balaban J connectivity index is 1.36. The first-order valence-corrected chi connectivity index (χ1v) is 13.9. The number of carbonyl (C=O) groups is 1. The summed E-state index contributed by atoms with van der Waals surface area (Å²) in [5.74, 6) is 1.46. The van der Waals surface area contributed by atoms with Crippen LogP contribution in [0.4, 0.5) is 0 Å². The fraction of sp³-hybridized carbons (Fsp3) is 0.375. The SMILES string of the molecule is CC(C)(C)OC(=O)C(C)(C)Oc1ccccc1CCCNCC(Oc1ccc(Cl)cc1)c1nc2ccccc2o1. The number of halogens is 1. The number of oxazole rings is 1. The molecule has 8 heteroatoms. The number of hydrogen-bond donors (Lipinski definition) is 1. The minimum absolute atomic E-state index is 0.401. The number of carbonyl (C=O) groups excluding carboxylic acids is 1. The summed E-state index contributed by atoms with van der Waals surface area (Å²) in [6.07, 6.45) is 1.17. The third-order valence-electron chi connectivity index (χ3n) is 6.04. The summed E-state index contributed by atoms with van der Waals surface area (Å²) in [5.41, 5.74) is 0.818. The molecule has 0 radical (unpaired) electrons. The maximum Gasteiger partial charge on any atom is 0.350 e. The predicted octanol–water partition coefficient (Wildman–Crippen LogP) is 7.32. The number of nitrogens with one attached hydrogen (secondary N) is 1. The molecule has 0 saturated carbocycles. The summed E-state index contributed by atoms with van der Waals surface area (Å²) in [7, 11) is 0. The molecule has 1 atom stereocenters. The highest BCUT2D eigenvalue weighted by molar-refractivity contribution is 6.30. The van der Waals surface area contributed by atoms with E-state index in [1.807, 2.05) is 81.4 Å². The van der Waals surface area contributed by atoms with E-state index < -0.39 is 23.3 Å². The third-order valence-corrected chi connectivity index (χ3v) is 6.29. The van der Waals surface area contributed by atoms with Gasteiger partial charge in [-0.25, -0.2) is 9.78 Å². The van der Waals surface area contributed by atoms with Crippen LogP contribution in [-0.2, 0) is 16.0 Å². The van der Waals surface area contributed by atoms with Crippen LogP contribution in [0.3, 0.4) is 0 Å². The molecule has 1 N–H and O–H groups in total. The van der Waals surface area contributed by atoms with Crippen molar-refractivity contribution in [2.45, 2.75) is 64.8 Å². The van der Waals surface area contributed by atoms with Gasteiger partial charge in [0.1, 0.15) is 22.6 Å². The van der Waals surface area contributed by atoms with Crippen LogP contribution in [0.2, 0.25) is 5.02 Å². The van der Waals surface area contributed by atoms with Gasteiger partial charge < -0.3 is 23.9 Å². The molecular weight excluding hydrogens is 528 g/mol. The van der Waals surface area contributed by atoms with Crippen LogP contribution in [0.1, 0.15) is 58.6 Å². The van der Waals surface area contributed by atoms with E-state index in [-0.39, 0.29) is 0 Å². The lowest BCUT2D eigenvalue weighted by Gasteiger charge is -2.29. The Morgan fingerprint density at radius 1 is 0.975 bits per heavy atom. The highest BCUT2D eigenvalue weighted by Crippen LogP contribution is 2.28. The van der Waals surface area contributed by atoms with Crippen molar-refractivity contribution in [2.75, 3.05) is 13.1 Å². The number of aryl methyl sites for hydroxylation is 1. The molecule has 4 rings (SSSR count). The Hall–Kier alpha value is -3.55. The minimum Gasteiger partial charge on any atom is -0.479 e. The zero-order valence-corrected chi connectivity index (χ0v) is 24.5. The summed E-state index contributed by atoms with van der Waals surface area (Å²) in [6, 6.07) is 22.7. The van der Waals surface area contributed by atoms with Crippen molar-refractivity contribution >= 4 is 28.7 Å². The van der Waals surface area contributed by atoms with Crippen LogP contribution in [0.5, 0.6) is 11.5 Å². The van der Waals surface area contributed by atoms with Crippen LogP contribution in [0.25, 0.3) is 11.1 Å². The van der Waals surface area contributed by atoms with Crippen LogP contribution in [0.15, 0.2) is 77.2 Å². The highest BCUT2D eigenvalue weighted by Gasteiger charge is 2.35. The van der Waals surface area contributed by atoms with Crippen molar-refractivity contribution in [3.63, 3.8) is 0 Å². The van der Waals surface area contributed by atoms with Crippen LogP contribution < -0.4 is 14.8 Å². The zero-order valence-electron chi connectivity index (χ0n) is 23.7. The molecule has 4 aromatic rings. The van der Waals surface area contributed by atoms with Crippen molar-refractivity contribution in [3.8, 4) is 11.5 Å². The van der Waals surface area contributed by atoms with E-state index in [9.17, 15) is 4.79 Å². The van der Waals surface area contributed by atoms with Gasteiger partial charge in [-0.05, 0) is 102 Å². The number of ether oxygens (including phenoxy) is 3. The molecule has 0 amide bonds. The average Bonchev–Trinajstić information content (AvgIpc) is 3.33. The number of benzene rings is 3.